The summed E-state index contributed by atoms with van der Waals surface area (Å²) >= 11 is 0. The fourth-order valence-corrected chi connectivity index (χ4v) is 3.90. The first kappa shape index (κ1) is 22.9. The molecular weight excluding hydrogens is 414 g/mol. The molecule has 0 amide bonds. The van der Waals surface area contributed by atoms with Crippen LogP contribution in [0.4, 0.5) is 0 Å². The lowest BCUT2D eigenvalue weighted by Crippen LogP contribution is -2.38. The Kier molecular flexibility index (Phi) is 8.01. The number of nitrogens with zero attached hydrogens (tertiary/aromatic N) is 1. The number of hydrogen-bond acceptors (Lipinski definition) is 5. The summed E-state index contributed by atoms with van der Waals surface area (Å²) in [5, 5.41) is 0. The minimum absolute atomic E-state index is 0.153. The number of allylic oxidation sites excluding steroid dienone is 3. The van der Waals surface area contributed by atoms with Gasteiger partial charge < -0.3 is 9.47 Å². The largest absolute Gasteiger partial charge is 0.492 e. The molecule has 0 N–H and O–H groups in total. The van der Waals surface area contributed by atoms with Crippen molar-refractivity contribution in [2.24, 2.45) is 0 Å². The molecular formula is C28H29NO4. The number of fused-ring (bicyclic) bond motifs is 1. The van der Waals surface area contributed by atoms with Crippen LogP contribution < -0.4 is 4.74 Å². The van der Waals surface area contributed by atoms with Crippen LogP contribution in [0.15, 0.2) is 60.7 Å². The quantitative estimate of drug-likeness (QED) is 0.407. The molecule has 33 heavy (non-hydrogen) atoms. The Hall–Kier alpha value is -3.28. The summed E-state index contributed by atoms with van der Waals surface area (Å²) in [5.41, 5.74) is 4.28. The molecule has 1 heterocycles. The first-order chi connectivity index (χ1) is 16.2. The van der Waals surface area contributed by atoms with Crippen molar-refractivity contribution in [3.8, 4) is 5.75 Å². The smallest absolute Gasteiger partial charge is 0.163 e. The number of carbonyl (C=O) groups is 2. The third-order valence-corrected chi connectivity index (χ3v) is 5.75. The molecule has 0 radical (unpaired) electrons. The molecule has 2 aromatic carbocycles. The summed E-state index contributed by atoms with van der Waals surface area (Å²) in [6.07, 6.45) is 11.4. The van der Waals surface area contributed by atoms with Crippen molar-refractivity contribution >= 4 is 29.8 Å². The van der Waals surface area contributed by atoms with Crippen LogP contribution in [0.5, 0.6) is 5.75 Å². The molecule has 0 saturated carbocycles. The Balaban J connectivity index is 1.27. The van der Waals surface area contributed by atoms with E-state index in [-0.39, 0.29) is 18.0 Å². The van der Waals surface area contributed by atoms with Gasteiger partial charge in [0, 0.05) is 25.2 Å². The van der Waals surface area contributed by atoms with E-state index in [4.69, 9.17) is 9.47 Å². The van der Waals surface area contributed by atoms with Crippen LogP contribution in [-0.4, -0.2) is 55.9 Å². The van der Waals surface area contributed by atoms with E-state index in [1.165, 1.54) is 23.3 Å². The van der Waals surface area contributed by atoms with Crippen LogP contribution in [0.25, 0.3) is 18.2 Å². The number of benzene rings is 2. The molecule has 1 fully saturated rings. The van der Waals surface area contributed by atoms with Crippen LogP contribution in [0.1, 0.15) is 28.7 Å². The lowest BCUT2D eigenvalue weighted by molar-refractivity contribution is -0.121. The number of ether oxygens (including phenoxy) is 2. The molecule has 0 bridgehead atoms. The van der Waals surface area contributed by atoms with E-state index in [0.29, 0.717) is 6.61 Å². The summed E-state index contributed by atoms with van der Waals surface area (Å²) in [7, 11) is 0. The number of ketones is 2. The summed E-state index contributed by atoms with van der Waals surface area (Å²) in [4.78, 5) is 26.9. The molecule has 0 spiro atoms. The Morgan fingerprint density at radius 1 is 1.00 bits per heavy atom. The number of rotatable bonds is 10. The Morgan fingerprint density at radius 3 is 2.64 bits per heavy atom. The lowest BCUT2D eigenvalue weighted by atomic mass is 10.0. The van der Waals surface area contributed by atoms with Crippen LogP contribution in [0.3, 0.4) is 0 Å². The molecule has 4 rings (SSSR count). The van der Waals surface area contributed by atoms with Gasteiger partial charge in [-0.05, 0) is 47.4 Å². The molecule has 5 nitrogen and oxygen atoms in total. The molecule has 2 aliphatic rings. The van der Waals surface area contributed by atoms with E-state index < -0.39 is 0 Å². The highest BCUT2D eigenvalue weighted by Crippen LogP contribution is 2.21. The van der Waals surface area contributed by atoms with Gasteiger partial charge in [0.25, 0.3) is 0 Å². The fourth-order valence-electron chi connectivity index (χ4n) is 3.90. The van der Waals surface area contributed by atoms with Gasteiger partial charge in [0.15, 0.2) is 11.6 Å². The topological polar surface area (TPSA) is 55.8 Å². The predicted molar refractivity (Wildman–Crippen MR) is 131 cm³/mol. The molecule has 1 aliphatic carbocycles. The molecule has 1 saturated heterocycles. The van der Waals surface area contributed by atoms with Gasteiger partial charge in [-0.2, -0.15) is 0 Å². The maximum absolute atomic E-state index is 12.3. The average Bonchev–Trinajstić information content (AvgIpc) is 3.31. The second-order valence-electron chi connectivity index (χ2n) is 8.18. The van der Waals surface area contributed by atoms with E-state index in [0.717, 1.165) is 56.1 Å². The van der Waals surface area contributed by atoms with Gasteiger partial charge in [0.1, 0.15) is 12.4 Å². The SMILES string of the molecule is O=C(/C=C/c1ccc2c(c1)CC=C2)CC(=O)/C=C/c1ccccc1OCCN1CCOCC1. The zero-order chi connectivity index (χ0) is 22.9. The summed E-state index contributed by atoms with van der Waals surface area (Å²) in [5.74, 6) is 0.288. The molecule has 0 atom stereocenters. The van der Waals surface area contributed by atoms with Gasteiger partial charge in [-0.15, -0.1) is 0 Å². The van der Waals surface area contributed by atoms with E-state index >= 15 is 0 Å². The first-order valence-corrected chi connectivity index (χ1v) is 11.4. The molecule has 5 heteroatoms. The Labute approximate surface area is 195 Å². The molecule has 2 aromatic rings. The molecule has 1 aliphatic heterocycles. The van der Waals surface area contributed by atoms with Crippen molar-refractivity contribution in [2.75, 3.05) is 39.5 Å². The van der Waals surface area contributed by atoms with Crippen molar-refractivity contribution < 1.29 is 19.1 Å². The average molecular weight is 444 g/mol. The lowest BCUT2D eigenvalue weighted by Gasteiger charge is -2.26. The highest BCUT2D eigenvalue weighted by atomic mass is 16.5. The fraction of sp³-hybridized carbons (Fsp3) is 0.286. The van der Waals surface area contributed by atoms with Gasteiger partial charge in [-0.3, -0.25) is 14.5 Å². The predicted octanol–water partition coefficient (Wildman–Crippen LogP) is 4.22. The van der Waals surface area contributed by atoms with Crippen LogP contribution in [-0.2, 0) is 20.7 Å². The highest BCUT2D eigenvalue weighted by Gasteiger charge is 2.11. The maximum Gasteiger partial charge on any atom is 0.163 e. The number of carbonyl (C=O) groups excluding carboxylic acids is 2. The standard InChI is InChI=1S/C28H29NO4/c30-26(12-9-22-8-10-23-5-3-6-25(23)20-22)21-27(31)13-11-24-4-1-2-7-28(24)33-19-16-29-14-17-32-18-15-29/h1-5,7-13,20H,6,14-19,21H2/b12-9+,13-11+. The minimum atomic E-state index is -0.231. The molecule has 0 aromatic heterocycles. The van der Waals surface area contributed by atoms with Crippen molar-refractivity contribution in [2.45, 2.75) is 12.8 Å². The van der Waals surface area contributed by atoms with E-state index in [1.54, 1.807) is 12.2 Å². The van der Waals surface area contributed by atoms with Gasteiger partial charge >= 0.3 is 0 Å². The Morgan fingerprint density at radius 2 is 1.79 bits per heavy atom. The third-order valence-electron chi connectivity index (χ3n) is 5.75. The van der Waals surface area contributed by atoms with Gasteiger partial charge in [0.2, 0.25) is 0 Å². The van der Waals surface area contributed by atoms with Crippen LogP contribution in [0.2, 0.25) is 0 Å². The van der Waals surface area contributed by atoms with Crippen molar-refractivity contribution in [1.29, 1.82) is 0 Å². The third kappa shape index (κ3) is 6.85. The second kappa shape index (κ2) is 11.5. The normalized spacial score (nSPS) is 15.9. The Bertz CT molecular complexity index is 1080. The number of morpholine rings is 1. The summed E-state index contributed by atoms with van der Waals surface area (Å²) < 4.78 is 11.3. The van der Waals surface area contributed by atoms with Crippen molar-refractivity contribution in [3.63, 3.8) is 0 Å². The summed E-state index contributed by atoms with van der Waals surface area (Å²) in [6.45, 7) is 4.78. The number of hydrogen-bond donors (Lipinski definition) is 0. The molecule has 0 unspecified atom stereocenters. The summed E-state index contributed by atoms with van der Waals surface area (Å²) in [6, 6.07) is 13.7. The first-order valence-electron chi connectivity index (χ1n) is 11.4. The monoisotopic (exact) mass is 443 g/mol. The molecule has 170 valence electrons. The zero-order valence-electron chi connectivity index (χ0n) is 18.7. The maximum atomic E-state index is 12.3. The van der Waals surface area contributed by atoms with E-state index in [1.807, 2.05) is 30.3 Å². The minimum Gasteiger partial charge on any atom is -0.492 e. The van der Waals surface area contributed by atoms with Gasteiger partial charge in [-0.1, -0.05) is 54.6 Å². The van der Waals surface area contributed by atoms with Gasteiger partial charge in [0.05, 0.1) is 19.6 Å². The van der Waals surface area contributed by atoms with Crippen LogP contribution in [0, 0.1) is 0 Å². The number of para-hydroxylation sites is 1. The van der Waals surface area contributed by atoms with Gasteiger partial charge in [-0.25, -0.2) is 0 Å². The van der Waals surface area contributed by atoms with Crippen molar-refractivity contribution in [1.82, 2.24) is 4.90 Å². The van der Waals surface area contributed by atoms with Crippen LogP contribution >= 0.6 is 0 Å². The zero-order valence-corrected chi connectivity index (χ0v) is 18.7. The second-order valence-corrected chi connectivity index (χ2v) is 8.18. The van der Waals surface area contributed by atoms with Crippen molar-refractivity contribution in [3.05, 3.63) is 82.9 Å². The van der Waals surface area contributed by atoms with E-state index in [2.05, 4.69) is 29.2 Å². The van der Waals surface area contributed by atoms with E-state index in [9.17, 15) is 9.59 Å². The highest BCUT2D eigenvalue weighted by molar-refractivity contribution is 6.11.